The average Bonchev–Trinajstić information content (AvgIpc) is 3.95. The monoisotopic (exact) mass is 728 g/mol. The molecule has 0 N–H and O–H groups in total. The number of para-hydroxylation sites is 5. The highest BCUT2D eigenvalue weighted by atomic mass is 16.3. The maximum atomic E-state index is 7.07. The van der Waals surface area contributed by atoms with Crippen molar-refractivity contribution in [3.8, 4) is 45.3 Å². The minimum atomic E-state index is 0.660. The Morgan fingerprint density at radius 3 is 1.37 bits per heavy atom. The van der Waals surface area contributed by atoms with Crippen molar-refractivity contribution in [2.75, 3.05) is 0 Å². The van der Waals surface area contributed by atoms with Crippen molar-refractivity contribution in [1.29, 1.82) is 0 Å². The van der Waals surface area contributed by atoms with Crippen LogP contribution < -0.4 is 0 Å². The Balaban J connectivity index is 1.32. The van der Waals surface area contributed by atoms with Gasteiger partial charge >= 0.3 is 0 Å². The molecule has 0 aliphatic rings. The number of benzene rings is 8. The van der Waals surface area contributed by atoms with Crippen LogP contribution in [0.5, 0.6) is 0 Å². The molecule has 0 aliphatic heterocycles. The highest BCUT2D eigenvalue weighted by Gasteiger charge is 2.27. The minimum Gasteiger partial charge on any atom is -0.454 e. The van der Waals surface area contributed by atoms with Crippen molar-refractivity contribution in [1.82, 2.24) is 19.1 Å². The maximum Gasteiger partial charge on any atom is 0.160 e. The zero-order valence-corrected chi connectivity index (χ0v) is 30.7. The quantitative estimate of drug-likeness (QED) is 0.177. The van der Waals surface area contributed by atoms with Crippen molar-refractivity contribution in [3.05, 3.63) is 194 Å². The summed E-state index contributed by atoms with van der Waals surface area (Å²) in [6.07, 6.45) is 0. The first-order chi connectivity index (χ1) is 28.3. The molecule has 0 spiro atoms. The predicted octanol–water partition coefficient (Wildman–Crippen LogP) is 13.6. The van der Waals surface area contributed by atoms with Crippen molar-refractivity contribution in [2.45, 2.75) is 0 Å². The molecule has 0 radical (unpaired) electrons. The average molecular weight is 729 g/mol. The van der Waals surface area contributed by atoms with Gasteiger partial charge in [0.25, 0.3) is 0 Å². The van der Waals surface area contributed by atoms with Gasteiger partial charge < -0.3 is 13.6 Å². The number of rotatable bonds is 5. The van der Waals surface area contributed by atoms with Gasteiger partial charge in [-0.3, -0.25) is 0 Å². The first-order valence-corrected chi connectivity index (χ1v) is 19.3. The standard InChI is InChI=1S/C52H32N4O/c1-3-17-33(18-4-1)40-31-41(54-52(53-40)34-19-5-2-6-20-34)50-46(55-42-26-12-7-21-35(42)36-22-8-13-27-43(36)55)32-47(51-49(50)39-25-11-16-30-48(39)57-51)56-44-28-14-9-23-37(44)38-24-10-15-29-45(38)56/h1-32H. The molecule has 4 heterocycles. The molecule has 266 valence electrons. The second kappa shape index (κ2) is 12.4. The van der Waals surface area contributed by atoms with Gasteiger partial charge in [-0.15, -0.1) is 0 Å². The second-order valence-electron chi connectivity index (χ2n) is 14.5. The number of aromatic nitrogens is 4. The molecule has 0 atom stereocenters. The Kier molecular flexibility index (Phi) is 6.86. The van der Waals surface area contributed by atoms with Crippen molar-refractivity contribution in [2.24, 2.45) is 0 Å². The van der Waals surface area contributed by atoms with Gasteiger partial charge in [-0.1, -0.05) is 152 Å². The molecular formula is C52H32N4O. The van der Waals surface area contributed by atoms with E-state index in [1.165, 1.54) is 21.5 Å². The lowest BCUT2D eigenvalue weighted by Gasteiger charge is -2.19. The SMILES string of the molecule is c1ccc(-c2cc(-c3c(-n4c5ccccc5c5ccccc54)cc(-n4c5ccccc5c5ccccc54)c4oc5ccccc5c34)nc(-c3ccccc3)n2)cc1. The van der Waals surface area contributed by atoms with Gasteiger partial charge in [0.05, 0.1) is 44.8 Å². The summed E-state index contributed by atoms with van der Waals surface area (Å²) in [5, 5.41) is 6.78. The van der Waals surface area contributed by atoms with Gasteiger partial charge in [0.2, 0.25) is 0 Å². The first kappa shape index (κ1) is 31.6. The lowest BCUT2D eigenvalue weighted by molar-refractivity contribution is 0.666. The van der Waals surface area contributed by atoms with E-state index in [0.717, 1.165) is 83.5 Å². The zero-order valence-electron chi connectivity index (χ0n) is 30.7. The molecule has 0 saturated carbocycles. The summed E-state index contributed by atoms with van der Waals surface area (Å²) in [4.78, 5) is 10.7. The molecule has 8 aromatic carbocycles. The molecule has 0 amide bonds. The fourth-order valence-corrected chi connectivity index (χ4v) is 8.88. The molecule has 0 fully saturated rings. The summed E-state index contributed by atoms with van der Waals surface area (Å²) >= 11 is 0. The van der Waals surface area contributed by atoms with Crippen molar-refractivity contribution >= 4 is 65.6 Å². The third-order valence-electron chi connectivity index (χ3n) is 11.3. The number of hydrogen-bond donors (Lipinski definition) is 0. The molecule has 12 aromatic rings. The van der Waals surface area contributed by atoms with Crippen LogP contribution in [0.2, 0.25) is 0 Å². The molecule has 0 aliphatic carbocycles. The third-order valence-corrected chi connectivity index (χ3v) is 11.3. The molecule has 0 unspecified atom stereocenters. The number of furan rings is 1. The van der Waals surface area contributed by atoms with E-state index in [2.05, 4.69) is 173 Å². The van der Waals surface area contributed by atoms with Gasteiger partial charge in [-0.05, 0) is 42.5 Å². The van der Waals surface area contributed by atoms with Crippen molar-refractivity contribution < 1.29 is 4.42 Å². The Morgan fingerprint density at radius 1 is 0.368 bits per heavy atom. The molecule has 0 bridgehead atoms. The topological polar surface area (TPSA) is 48.8 Å². The molecule has 0 saturated heterocycles. The smallest absolute Gasteiger partial charge is 0.160 e. The summed E-state index contributed by atoms with van der Waals surface area (Å²) in [5.41, 5.74) is 12.6. The van der Waals surface area contributed by atoms with E-state index in [4.69, 9.17) is 14.4 Å². The van der Waals surface area contributed by atoms with Gasteiger partial charge in [0.15, 0.2) is 11.4 Å². The van der Waals surface area contributed by atoms with Crippen LogP contribution in [0.3, 0.4) is 0 Å². The molecule has 4 aromatic heterocycles. The van der Waals surface area contributed by atoms with E-state index >= 15 is 0 Å². The highest BCUT2D eigenvalue weighted by Crippen LogP contribution is 2.47. The van der Waals surface area contributed by atoms with Crippen LogP contribution in [-0.4, -0.2) is 19.1 Å². The fourth-order valence-electron chi connectivity index (χ4n) is 8.88. The maximum absolute atomic E-state index is 7.07. The number of fused-ring (bicyclic) bond motifs is 9. The van der Waals surface area contributed by atoms with Gasteiger partial charge in [-0.2, -0.15) is 0 Å². The fraction of sp³-hybridized carbons (Fsp3) is 0. The van der Waals surface area contributed by atoms with E-state index in [-0.39, 0.29) is 0 Å². The lowest BCUT2D eigenvalue weighted by Crippen LogP contribution is -2.04. The molecular weight excluding hydrogens is 697 g/mol. The summed E-state index contributed by atoms with van der Waals surface area (Å²) < 4.78 is 11.9. The van der Waals surface area contributed by atoms with Gasteiger partial charge in [0, 0.05) is 49.0 Å². The summed E-state index contributed by atoms with van der Waals surface area (Å²) in [7, 11) is 0. The Bertz CT molecular complexity index is 3360. The highest BCUT2D eigenvalue weighted by molar-refractivity contribution is 6.19. The molecule has 5 heteroatoms. The van der Waals surface area contributed by atoms with Gasteiger partial charge in [0.1, 0.15) is 5.58 Å². The summed E-state index contributed by atoms with van der Waals surface area (Å²) in [6, 6.07) is 68.2. The molecule has 57 heavy (non-hydrogen) atoms. The Morgan fingerprint density at radius 2 is 0.807 bits per heavy atom. The van der Waals surface area contributed by atoms with Crippen molar-refractivity contribution in [3.63, 3.8) is 0 Å². The van der Waals surface area contributed by atoms with E-state index in [9.17, 15) is 0 Å². The normalized spacial score (nSPS) is 11.9. The van der Waals surface area contributed by atoms with Gasteiger partial charge in [-0.25, -0.2) is 9.97 Å². The van der Waals surface area contributed by atoms with Crippen LogP contribution in [0.15, 0.2) is 199 Å². The molecule has 12 rings (SSSR count). The first-order valence-electron chi connectivity index (χ1n) is 19.3. The Hall–Kier alpha value is -7.76. The number of nitrogens with zero attached hydrogens (tertiary/aromatic N) is 4. The Labute approximate surface area is 327 Å². The van der Waals surface area contributed by atoms with E-state index < -0.39 is 0 Å². The zero-order chi connectivity index (χ0) is 37.5. The summed E-state index contributed by atoms with van der Waals surface area (Å²) in [5.74, 6) is 0.660. The van der Waals surface area contributed by atoms with Crippen LogP contribution in [-0.2, 0) is 0 Å². The van der Waals surface area contributed by atoms with Crippen LogP contribution >= 0.6 is 0 Å². The second-order valence-corrected chi connectivity index (χ2v) is 14.5. The van der Waals surface area contributed by atoms with Crippen LogP contribution in [0.1, 0.15) is 0 Å². The van der Waals surface area contributed by atoms with E-state index in [1.54, 1.807) is 0 Å². The largest absolute Gasteiger partial charge is 0.454 e. The number of hydrogen-bond acceptors (Lipinski definition) is 3. The predicted molar refractivity (Wildman–Crippen MR) is 234 cm³/mol. The van der Waals surface area contributed by atoms with Crippen LogP contribution in [0, 0.1) is 0 Å². The van der Waals surface area contributed by atoms with Crippen LogP contribution in [0.25, 0.3) is 111 Å². The van der Waals surface area contributed by atoms with Crippen LogP contribution in [0.4, 0.5) is 0 Å². The van der Waals surface area contributed by atoms with E-state index in [0.29, 0.717) is 5.82 Å². The van der Waals surface area contributed by atoms with E-state index in [1.807, 2.05) is 30.3 Å². The lowest BCUT2D eigenvalue weighted by atomic mass is 9.98. The minimum absolute atomic E-state index is 0.660. The third kappa shape index (κ3) is 4.76. The molecule has 5 nitrogen and oxygen atoms in total. The summed E-state index contributed by atoms with van der Waals surface area (Å²) in [6.45, 7) is 0.